The smallest absolute Gasteiger partial charge is 0.129 e. The van der Waals surface area contributed by atoms with Gasteiger partial charge in [0.25, 0.3) is 0 Å². The molecule has 0 N–H and O–H groups in total. The monoisotopic (exact) mass is 309 g/mol. The van der Waals surface area contributed by atoms with Crippen molar-refractivity contribution >= 4 is 45.1 Å². The van der Waals surface area contributed by atoms with Gasteiger partial charge in [-0.05, 0) is 29.6 Å². The molecule has 0 atom stereocenters. The van der Waals surface area contributed by atoms with Crippen LogP contribution in [-0.2, 0) is 0 Å². The third kappa shape index (κ3) is 2.93. The van der Waals surface area contributed by atoms with Crippen molar-refractivity contribution in [1.29, 1.82) is 5.26 Å². The quantitative estimate of drug-likeness (QED) is 0.744. The largest absolute Gasteiger partial charge is 0.496 e. The van der Waals surface area contributed by atoms with Crippen LogP contribution in [0.5, 0.6) is 5.75 Å². The first kappa shape index (κ1) is 14.0. The predicted molar refractivity (Wildman–Crippen MR) is 80.6 cm³/mol. The van der Waals surface area contributed by atoms with Gasteiger partial charge in [0.15, 0.2) is 0 Å². The average molecular weight is 310 g/mol. The van der Waals surface area contributed by atoms with E-state index in [1.807, 2.05) is 17.5 Å². The third-order valence-electron chi connectivity index (χ3n) is 2.50. The van der Waals surface area contributed by atoms with Gasteiger partial charge in [0.05, 0.1) is 17.7 Å². The van der Waals surface area contributed by atoms with Crippen molar-refractivity contribution in [2.45, 2.75) is 0 Å². The first-order valence-corrected chi connectivity index (χ1v) is 6.98. The molecule has 2 aromatic rings. The summed E-state index contributed by atoms with van der Waals surface area (Å²) in [5, 5.41) is 12.1. The summed E-state index contributed by atoms with van der Waals surface area (Å²) in [6.07, 6.45) is 0. The van der Waals surface area contributed by atoms with Crippen LogP contribution < -0.4 is 4.74 Å². The predicted octanol–water partition coefficient (Wildman–Crippen LogP) is 5.04. The lowest BCUT2D eigenvalue weighted by atomic mass is 10.1. The van der Waals surface area contributed by atoms with Crippen LogP contribution >= 0.6 is 34.5 Å². The van der Waals surface area contributed by atoms with E-state index in [0.29, 0.717) is 26.9 Å². The summed E-state index contributed by atoms with van der Waals surface area (Å²) in [5.41, 5.74) is 1.08. The highest BCUT2D eigenvalue weighted by molar-refractivity contribution is 7.11. The maximum Gasteiger partial charge on any atom is 0.129 e. The molecule has 0 aliphatic rings. The van der Waals surface area contributed by atoms with Gasteiger partial charge in [0.2, 0.25) is 0 Å². The van der Waals surface area contributed by atoms with E-state index in [1.54, 1.807) is 18.2 Å². The zero-order valence-electron chi connectivity index (χ0n) is 9.98. The van der Waals surface area contributed by atoms with Crippen molar-refractivity contribution in [1.82, 2.24) is 0 Å². The van der Waals surface area contributed by atoms with E-state index in [9.17, 15) is 5.26 Å². The van der Waals surface area contributed by atoms with Crippen molar-refractivity contribution < 1.29 is 4.74 Å². The number of methoxy groups -OCH3 is 1. The van der Waals surface area contributed by atoms with Crippen LogP contribution in [0.1, 0.15) is 10.4 Å². The van der Waals surface area contributed by atoms with Gasteiger partial charge >= 0.3 is 0 Å². The topological polar surface area (TPSA) is 33.0 Å². The number of ether oxygens (including phenoxy) is 1. The molecule has 96 valence electrons. The molecule has 0 spiro atoms. The molecular formula is C14H9Cl2NOS. The van der Waals surface area contributed by atoms with Crippen molar-refractivity contribution in [2.75, 3.05) is 7.11 Å². The fourth-order valence-corrected chi connectivity index (χ4v) is 2.86. The highest BCUT2D eigenvalue weighted by atomic mass is 35.5. The Balaban J connectivity index is 2.60. The molecule has 0 saturated heterocycles. The van der Waals surface area contributed by atoms with Crippen molar-refractivity contribution in [2.24, 2.45) is 0 Å². The van der Waals surface area contributed by atoms with Gasteiger partial charge in [-0.15, -0.1) is 11.3 Å². The lowest BCUT2D eigenvalue weighted by Gasteiger charge is -2.09. The molecule has 1 aromatic heterocycles. The molecule has 2 rings (SSSR count). The van der Waals surface area contributed by atoms with Gasteiger partial charge in [-0.25, -0.2) is 0 Å². The molecule has 0 fully saturated rings. The summed E-state index contributed by atoms with van der Waals surface area (Å²) in [7, 11) is 1.54. The zero-order valence-corrected chi connectivity index (χ0v) is 12.3. The minimum absolute atomic E-state index is 0.360. The second-order valence-electron chi connectivity index (χ2n) is 3.62. The van der Waals surface area contributed by atoms with E-state index in [1.165, 1.54) is 18.4 Å². The molecule has 0 aliphatic carbocycles. The number of rotatable bonds is 3. The first-order chi connectivity index (χ1) is 9.17. The summed E-state index contributed by atoms with van der Waals surface area (Å²) in [6.45, 7) is 0. The number of benzene rings is 1. The maximum atomic E-state index is 9.30. The lowest BCUT2D eigenvalue weighted by Crippen LogP contribution is -1.90. The maximum absolute atomic E-state index is 9.30. The molecule has 0 aliphatic heterocycles. The lowest BCUT2D eigenvalue weighted by molar-refractivity contribution is 0.414. The number of nitriles is 1. The second kappa shape index (κ2) is 6.12. The summed E-state index contributed by atoms with van der Waals surface area (Å²) >= 11 is 13.7. The molecule has 2 nitrogen and oxygen atoms in total. The molecule has 0 saturated carbocycles. The number of nitrogens with zero attached hydrogens (tertiary/aromatic N) is 1. The fourth-order valence-electron chi connectivity index (χ4n) is 1.61. The first-order valence-electron chi connectivity index (χ1n) is 5.35. The Kier molecular flexibility index (Phi) is 4.49. The molecule has 5 heteroatoms. The van der Waals surface area contributed by atoms with Crippen LogP contribution in [-0.4, -0.2) is 7.11 Å². The highest BCUT2D eigenvalue weighted by Crippen LogP contribution is 2.37. The van der Waals surface area contributed by atoms with Crippen LogP contribution in [0.4, 0.5) is 0 Å². The Morgan fingerprint density at radius 1 is 1.37 bits per heavy atom. The summed E-state index contributed by atoms with van der Waals surface area (Å²) < 4.78 is 5.25. The summed E-state index contributed by atoms with van der Waals surface area (Å²) in [6, 6.07) is 11.0. The average Bonchev–Trinajstić information content (AvgIpc) is 2.93. The Bertz CT molecular complexity index is 657. The van der Waals surface area contributed by atoms with Crippen LogP contribution in [0.25, 0.3) is 10.6 Å². The van der Waals surface area contributed by atoms with E-state index >= 15 is 0 Å². The van der Waals surface area contributed by atoms with E-state index in [2.05, 4.69) is 6.07 Å². The Morgan fingerprint density at radius 3 is 2.74 bits per heavy atom. The molecule has 0 bridgehead atoms. The number of halogens is 2. The van der Waals surface area contributed by atoms with Crippen molar-refractivity contribution in [3.05, 3.63) is 51.2 Å². The molecular weight excluding hydrogens is 301 g/mol. The van der Waals surface area contributed by atoms with Crippen LogP contribution in [0.2, 0.25) is 5.02 Å². The standard InChI is InChI=1S/C14H9Cl2NOS/c1-18-12-7-9(15)4-5-10(12)14(16)11(8-17)13-3-2-6-19-13/h2-7H,1H3. The van der Waals surface area contributed by atoms with Gasteiger partial charge in [-0.1, -0.05) is 29.3 Å². The molecule has 0 radical (unpaired) electrons. The van der Waals surface area contributed by atoms with Gasteiger partial charge in [-0.2, -0.15) is 5.26 Å². The normalized spacial score (nSPS) is 11.7. The molecule has 0 unspecified atom stereocenters. The van der Waals surface area contributed by atoms with Gasteiger partial charge in [0.1, 0.15) is 11.8 Å². The number of hydrogen-bond donors (Lipinski definition) is 0. The fraction of sp³-hybridized carbons (Fsp3) is 0.0714. The van der Waals surface area contributed by atoms with E-state index in [4.69, 9.17) is 27.9 Å². The molecule has 1 aromatic carbocycles. The zero-order chi connectivity index (χ0) is 13.8. The highest BCUT2D eigenvalue weighted by Gasteiger charge is 2.14. The van der Waals surface area contributed by atoms with E-state index < -0.39 is 0 Å². The SMILES string of the molecule is COc1cc(Cl)ccc1C(Cl)=C(C#N)c1cccs1. The van der Waals surface area contributed by atoms with E-state index in [0.717, 1.165) is 4.88 Å². The minimum Gasteiger partial charge on any atom is -0.496 e. The summed E-state index contributed by atoms with van der Waals surface area (Å²) in [4.78, 5) is 0.824. The number of hydrogen-bond acceptors (Lipinski definition) is 3. The van der Waals surface area contributed by atoms with E-state index in [-0.39, 0.29) is 0 Å². The Hall–Kier alpha value is -1.47. The minimum atomic E-state index is 0.360. The second-order valence-corrected chi connectivity index (χ2v) is 5.38. The Morgan fingerprint density at radius 2 is 2.16 bits per heavy atom. The number of thiophene rings is 1. The van der Waals surface area contributed by atoms with Gasteiger partial charge in [-0.3, -0.25) is 0 Å². The van der Waals surface area contributed by atoms with Crippen molar-refractivity contribution in [3.8, 4) is 11.8 Å². The molecule has 1 heterocycles. The number of allylic oxidation sites excluding steroid dienone is 1. The molecule has 19 heavy (non-hydrogen) atoms. The summed E-state index contributed by atoms with van der Waals surface area (Å²) in [5.74, 6) is 0.543. The molecule has 0 amide bonds. The van der Waals surface area contributed by atoms with Gasteiger partial charge in [0, 0.05) is 15.5 Å². The Labute approximate surface area is 125 Å². The van der Waals surface area contributed by atoms with Crippen LogP contribution in [0.15, 0.2) is 35.7 Å². The van der Waals surface area contributed by atoms with Gasteiger partial charge < -0.3 is 4.74 Å². The van der Waals surface area contributed by atoms with Crippen molar-refractivity contribution in [3.63, 3.8) is 0 Å². The van der Waals surface area contributed by atoms with Crippen LogP contribution in [0.3, 0.4) is 0 Å². The van der Waals surface area contributed by atoms with Crippen LogP contribution in [0, 0.1) is 11.3 Å². The third-order valence-corrected chi connectivity index (χ3v) is 4.01.